The number of nitrogens with zero attached hydrogens (tertiary/aromatic N) is 7. The fraction of sp³-hybridized carbons (Fsp3) is 0.583. The largest absolute Gasteiger partial charge is 0.378 e. The summed E-state index contributed by atoms with van der Waals surface area (Å²) in [5.74, 6) is 4.33. The van der Waals surface area contributed by atoms with Gasteiger partial charge >= 0.3 is 0 Å². The van der Waals surface area contributed by atoms with E-state index in [0.717, 1.165) is 61.2 Å². The molecular formula is C24H32N8O. The van der Waals surface area contributed by atoms with Gasteiger partial charge < -0.3 is 19.5 Å². The zero-order valence-corrected chi connectivity index (χ0v) is 19.4. The van der Waals surface area contributed by atoms with Gasteiger partial charge in [0, 0.05) is 26.6 Å². The number of hydrogen-bond donors (Lipinski definition) is 1. The maximum Gasteiger partial charge on any atom is 0.235 e. The Kier molecular flexibility index (Phi) is 5.38. The molecule has 0 aromatic carbocycles. The predicted octanol–water partition coefficient (Wildman–Crippen LogP) is 1.84. The van der Waals surface area contributed by atoms with Crippen LogP contribution in [-0.2, 0) is 18.2 Å². The van der Waals surface area contributed by atoms with Crippen molar-refractivity contribution in [2.24, 2.45) is 18.0 Å². The fourth-order valence-electron chi connectivity index (χ4n) is 5.42. The summed E-state index contributed by atoms with van der Waals surface area (Å²) in [6, 6.07) is 0.232. The third kappa shape index (κ3) is 3.73. The topological polar surface area (TPSA) is 83.7 Å². The van der Waals surface area contributed by atoms with Crippen molar-refractivity contribution in [1.29, 1.82) is 0 Å². The van der Waals surface area contributed by atoms with Crippen LogP contribution in [-0.4, -0.2) is 76.8 Å². The Balaban J connectivity index is 1.44. The normalized spacial score (nSPS) is 25.7. The van der Waals surface area contributed by atoms with Crippen LogP contribution < -0.4 is 15.1 Å². The molecule has 0 amide bonds. The quantitative estimate of drug-likeness (QED) is 0.764. The molecule has 1 aliphatic carbocycles. The first-order chi connectivity index (χ1) is 16.2. The third-order valence-electron chi connectivity index (χ3n) is 7.30. The minimum Gasteiger partial charge on any atom is -0.378 e. The Morgan fingerprint density at radius 1 is 1.06 bits per heavy atom. The summed E-state index contributed by atoms with van der Waals surface area (Å²) in [6.07, 6.45) is 11.9. The average Bonchev–Trinajstić information content (AvgIpc) is 3.35. The number of morpholine rings is 1. The second-order valence-corrected chi connectivity index (χ2v) is 9.40. The zero-order chi connectivity index (χ0) is 22.4. The first-order valence-electron chi connectivity index (χ1n) is 12.1. The van der Waals surface area contributed by atoms with E-state index in [1.807, 2.05) is 6.92 Å². The van der Waals surface area contributed by atoms with E-state index < -0.39 is 0 Å². The number of aromatic nitrogens is 4. The Morgan fingerprint density at radius 2 is 1.85 bits per heavy atom. The smallest absolute Gasteiger partial charge is 0.235 e. The number of rotatable bonds is 4. The fourth-order valence-corrected chi connectivity index (χ4v) is 5.42. The minimum atomic E-state index is 0.114. The van der Waals surface area contributed by atoms with Crippen molar-refractivity contribution in [3.05, 3.63) is 30.1 Å². The first kappa shape index (κ1) is 20.8. The second-order valence-electron chi connectivity index (χ2n) is 9.40. The van der Waals surface area contributed by atoms with E-state index in [0.29, 0.717) is 25.1 Å². The van der Waals surface area contributed by atoms with Crippen LogP contribution in [0.1, 0.15) is 25.6 Å². The Bertz CT molecular complexity index is 1120. The Labute approximate surface area is 194 Å². The molecule has 2 saturated heterocycles. The molecule has 0 radical (unpaired) electrons. The number of aryl methyl sites for hydroxylation is 1. The highest BCUT2D eigenvalue weighted by Crippen LogP contribution is 2.32. The van der Waals surface area contributed by atoms with Crippen LogP contribution in [0.25, 0.3) is 11.2 Å². The van der Waals surface area contributed by atoms with E-state index >= 15 is 0 Å². The Hall–Kier alpha value is -2.78. The molecule has 2 fully saturated rings. The molecule has 2 aromatic rings. The highest BCUT2D eigenvalue weighted by Gasteiger charge is 2.36. The number of hydrogen-bond acceptors (Lipinski definition) is 8. The summed E-state index contributed by atoms with van der Waals surface area (Å²) in [5, 5.41) is 3.46. The highest BCUT2D eigenvalue weighted by atomic mass is 16.5. The van der Waals surface area contributed by atoms with Crippen molar-refractivity contribution in [3.8, 4) is 0 Å². The lowest BCUT2D eigenvalue weighted by Crippen LogP contribution is -2.40. The second kappa shape index (κ2) is 8.53. The molecular weight excluding hydrogens is 416 g/mol. The third-order valence-corrected chi connectivity index (χ3v) is 7.30. The van der Waals surface area contributed by atoms with Gasteiger partial charge in [0.1, 0.15) is 11.7 Å². The monoisotopic (exact) mass is 448 g/mol. The van der Waals surface area contributed by atoms with E-state index in [1.54, 1.807) is 0 Å². The molecule has 2 aromatic heterocycles. The lowest BCUT2D eigenvalue weighted by molar-refractivity contribution is 0.122. The lowest BCUT2D eigenvalue weighted by atomic mass is 9.94. The molecule has 6 rings (SSSR count). The van der Waals surface area contributed by atoms with Gasteiger partial charge in [0.2, 0.25) is 5.95 Å². The molecule has 3 aliphatic heterocycles. The van der Waals surface area contributed by atoms with Crippen molar-refractivity contribution in [1.82, 2.24) is 24.8 Å². The van der Waals surface area contributed by atoms with Crippen LogP contribution >= 0.6 is 0 Å². The molecule has 0 bridgehead atoms. The highest BCUT2D eigenvalue weighted by molar-refractivity contribution is 5.99. The van der Waals surface area contributed by atoms with Gasteiger partial charge in [-0.1, -0.05) is 24.3 Å². The van der Waals surface area contributed by atoms with Gasteiger partial charge in [-0.25, -0.2) is 4.98 Å². The number of imidazole rings is 1. The summed E-state index contributed by atoms with van der Waals surface area (Å²) < 4.78 is 7.80. The standard InChI is InChI=1S/C24H32N8O/c1-16-26-18-5-3-4-6-19(18)32(16)24-28-22-21(23(29-24)31-11-13-33-14-12-31)27-20(30(22)2)15-17-7-9-25-10-8-17/h3-6,17-19,25H,7-15H2,1-2H3. The van der Waals surface area contributed by atoms with E-state index in [2.05, 4.69) is 51.0 Å². The first-order valence-corrected chi connectivity index (χ1v) is 12.1. The molecule has 2 atom stereocenters. The number of nitrogens with one attached hydrogen (secondary N) is 1. The SMILES string of the molecule is CC1=NC2C=CC=CC2N1c1nc(N2CCOCC2)c2nc(CC3CCNCC3)n(C)c2n1. The van der Waals surface area contributed by atoms with E-state index in [-0.39, 0.29) is 12.1 Å². The van der Waals surface area contributed by atoms with E-state index in [1.165, 1.54) is 12.8 Å². The summed E-state index contributed by atoms with van der Waals surface area (Å²) in [5.41, 5.74) is 1.80. The van der Waals surface area contributed by atoms with Crippen molar-refractivity contribution in [2.45, 2.75) is 38.3 Å². The molecule has 2 unspecified atom stereocenters. The number of allylic oxidation sites excluding steroid dienone is 2. The van der Waals surface area contributed by atoms with Crippen LogP contribution in [0.2, 0.25) is 0 Å². The van der Waals surface area contributed by atoms with Gasteiger partial charge in [-0.15, -0.1) is 0 Å². The molecule has 0 spiro atoms. The lowest BCUT2D eigenvalue weighted by Gasteiger charge is -2.30. The summed E-state index contributed by atoms with van der Waals surface area (Å²) in [4.78, 5) is 24.6. The van der Waals surface area contributed by atoms with E-state index in [9.17, 15) is 0 Å². The van der Waals surface area contributed by atoms with E-state index in [4.69, 9.17) is 24.7 Å². The molecule has 1 N–H and O–H groups in total. The Morgan fingerprint density at radius 3 is 2.67 bits per heavy atom. The number of ether oxygens (including phenoxy) is 1. The van der Waals surface area contributed by atoms with Gasteiger partial charge in [-0.05, 0) is 38.8 Å². The summed E-state index contributed by atoms with van der Waals surface area (Å²) >= 11 is 0. The number of anilines is 2. The number of amidine groups is 1. The zero-order valence-electron chi connectivity index (χ0n) is 19.4. The van der Waals surface area contributed by atoms with Gasteiger partial charge in [0.05, 0.1) is 25.3 Å². The van der Waals surface area contributed by atoms with Gasteiger partial charge in [0.25, 0.3) is 0 Å². The molecule has 0 saturated carbocycles. The molecule has 5 heterocycles. The molecule has 33 heavy (non-hydrogen) atoms. The number of piperidine rings is 1. The maximum absolute atomic E-state index is 5.62. The molecule has 174 valence electrons. The molecule has 9 heteroatoms. The van der Waals surface area contributed by atoms with Crippen molar-refractivity contribution in [2.75, 3.05) is 49.2 Å². The van der Waals surface area contributed by atoms with Crippen molar-refractivity contribution >= 4 is 28.8 Å². The average molecular weight is 449 g/mol. The van der Waals surface area contributed by atoms with Gasteiger partial charge in [-0.2, -0.15) is 9.97 Å². The summed E-state index contributed by atoms with van der Waals surface area (Å²) in [7, 11) is 2.10. The number of fused-ring (bicyclic) bond motifs is 2. The van der Waals surface area contributed by atoms with Gasteiger partial charge in [-0.3, -0.25) is 9.89 Å². The van der Waals surface area contributed by atoms with Crippen LogP contribution in [0.4, 0.5) is 11.8 Å². The van der Waals surface area contributed by atoms with Crippen LogP contribution in [0.5, 0.6) is 0 Å². The van der Waals surface area contributed by atoms with Crippen LogP contribution in [0, 0.1) is 5.92 Å². The maximum atomic E-state index is 5.62. The van der Waals surface area contributed by atoms with Gasteiger partial charge in [0.15, 0.2) is 17.0 Å². The van der Waals surface area contributed by atoms with Crippen LogP contribution in [0.3, 0.4) is 0 Å². The minimum absolute atomic E-state index is 0.114. The number of aliphatic imine (C=N–C) groups is 1. The van der Waals surface area contributed by atoms with Crippen molar-refractivity contribution in [3.63, 3.8) is 0 Å². The summed E-state index contributed by atoms with van der Waals surface area (Å²) in [6.45, 7) is 7.27. The van der Waals surface area contributed by atoms with Crippen LogP contribution in [0.15, 0.2) is 29.3 Å². The molecule has 9 nitrogen and oxygen atoms in total. The molecule has 4 aliphatic rings. The predicted molar refractivity (Wildman–Crippen MR) is 130 cm³/mol. The van der Waals surface area contributed by atoms with Crippen molar-refractivity contribution < 1.29 is 4.74 Å².